The van der Waals surface area contributed by atoms with E-state index in [2.05, 4.69) is 4.18 Å². The lowest BCUT2D eigenvalue weighted by molar-refractivity contribution is 0.440. The minimum atomic E-state index is -4.98. The Hall–Kier alpha value is -1.61. The van der Waals surface area contributed by atoms with Gasteiger partial charge in [-0.15, -0.1) is 0 Å². The van der Waals surface area contributed by atoms with Crippen molar-refractivity contribution in [3.8, 4) is 11.8 Å². The highest BCUT2D eigenvalue weighted by Gasteiger charge is 2.08. The number of nitrogens with zero attached hydrogens (tertiary/aromatic N) is 1. The van der Waals surface area contributed by atoms with Crippen LogP contribution in [0.5, 0.6) is 5.75 Å². The number of hydrogen-bond donors (Lipinski definition) is 0. The van der Waals surface area contributed by atoms with Crippen molar-refractivity contribution in [2.45, 2.75) is 0 Å². The van der Waals surface area contributed by atoms with Gasteiger partial charge in [0.1, 0.15) is 5.75 Å². The van der Waals surface area contributed by atoms with Crippen molar-refractivity contribution in [2.75, 3.05) is 0 Å². The normalized spacial score (nSPS) is 10.5. The average molecular weight is 201 g/mol. The first kappa shape index (κ1) is 9.48. The molecule has 0 fully saturated rings. The highest BCUT2D eigenvalue weighted by atomic mass is 32.3. The standard InChI is InChI=1S/C7H4FNO3S/c8-13(10,11)12-7-3-1-6(5-9)2-4-7/h1-4H. The van der Waals surface area contributed by atoms with Gasteiger partial charge in [-0.1, -0.05) is 3.89 Å². The number of rotatable bonds is 2. The molecule has 0 heterocycles. The Balaban J connectivity index is 2.89. The quantitative estimate of drug-likeness (QED) is 0.673. The first-order valence-corrected chi connectivity index (χ1v) is 4.46. The third-order valence-electron chi connectivity index (χ3n) is 1.18. The van der Waals surface area contributed by atoms with E-state index < -0.39 is 10.5 Å². The molecule has 0 saturated heterocycles. The Kier molecular flexibility index (Phi) is 2.49. The number of hydrogen-bond acceptors (Lipinski definition) is 4. The van der Waals surface area contributed by atoms with E-state index >= 15 is 0 Å². The lowest BCUT2D eigenvalue weighted by Gasteiger charge is -1.97. The fourth-order valence-corrected chi connectivity index (χ4v) is 1.04. The van der Waals surface area contributed by atoms with Crippen molar-refractivity contribution in [1.82, 2.24) is 0 Å². The Morgan fingerprint density at radius 1 is 1.31 bits per heavy atom. The predicted octanol–water partition coefficient (Wildman–Crippen LogP) is 1.15. The van der Waals surface area contributed by atoms with Gasteiger partial charge in [-0.05, 0) is 24.3 Å². The van der Waals surface area contributed by atoms with E-state index in [0.29, 0.717) is 5.56 Å². The van der Waals surface area contributed by atoms with Gasteiger partial charge in [0.15, 0.2) is 0 Å². The van der Waals surface area contributed by atoms with Crippen LogP contribution in [-0.4, -0.2) is 8.42 Å². The second-order valence-corrected chi connectivity index (χ2v) is 3.07. The summed E-state index contributed by atoms with van der Waals surface area (Å²) >= 11 is 0. The first-order valence-electron chi connectivity index (χ1n) is 3.15. The SMILES string of the molecule is N#Cc1ccc(OS(=O)(=O)F)cc1. The van der Waals surface area contributed by atoms with Crippen LogP contribution in [-0.2, 0) is 10.5 Å². The summed E-state index contributed by atoms with van der Waals surface area (Å²) in [4.78, 5) is 0. The molecule has 1 rings (SSSR count). The van der Waals surface area contributed by atoms with Gasteiger partial charge < -0.3 is 4.18 Å². The van der Waals surface area contributed by atoms with Crippen LogP contribution in [0.25, 0.3) is 0 Å². The number of nitriles is 1. The Morgan fingerprint density at radius 3 is 2.23 bits per heavy atom. The minimum absolute atomic E-state index is 0.165. The van der Waals surface area contributed by atoms with E-state index in [0.717, 1.165) is 0 Å². The highest BCUT2D eigenvalue weighted by Crippen LogP contribution is 2.14. The summed E-state index contributed by atoms with van der Waals surface area (Å²) in [7, 11) is -4.98. The third-order valence-corrected chi connectivity index (χ3v) is 1.57. The van der Waals surface area contributed by atoms with E-state index in [9.17, 15) is 12.3 Å². The third kappa shape index (κ3) is 3.09. The Labute approximate surface area is 74.6 Å². The van der Waals surface area contributed by atoms with Crippen LogP contribution in [0.15, 0.2) is 24.3 Å². The van der Waals surface area contributed by atoms with Crippen molar-refractivity contribution in [1.29, 1.82) is 5.26 Å². The molecule has 6 heteroatoms. The maximum Gasteiger partial charge on any atom is 0.488 e. The van der Waals surface area contributed by atoms with Gasteiger partial charge in [-0.25, -0.2) is 0 Å². The lowest BCUT2D eigenvalue weighted by atomic mass is 10.2. The smallest absolute Gasteiger partial charge is 0.358 e. The van der Waals surface area contributed by atoms with Gasteiger partial charge in [-0.3, -0.25) is 0 Å². The maximum atomic E-state index is 11.9. The van der Waals surface area contributed by atoms with Gasteiger partial charge in [-0.2, -0.15) is 13.7 Å². The van der Waals surface area contributed by atoms with E-state index in [1.807, 2.05) is 6.07 Å². The summed E-state index contributed by atoms with van der Waals surface area (Å²) in [6, 6.07) is 6.84. The van der Waals surface area contributed by atoms with Gasteiger partial charge >= 0.3 is 10.5 Å². The monoisotopic (exact) mass is 201 g/mol. The summed E-state index contributed by atoms with van der Waals surface area (Å²) in [6.45, 7) is 0. The molecule has 0 aliphatic heterocycles. The van der Waals surface area contributed by atoms with Crippen LogP contribution in [0, 0.1) is 11.3 Å². The largest absolute Gasteiger partial charge is 0.488 e. The van der Waals surface area contributed by atoms with Crippen LogP contribution < -0.4 is 4.18 Å². The molecule has 4 nitrogen and oxygen atoms in total. The summed E-state index contributed by atoms with van der Waals surface area (Å²) < 4.78 is 35.8. The predicted molar refractivity (Wildman–Crippen MR) is 41.8 cm³/mol. The zero-order valence-electron chi connectivity index (χ0n) is 6.27. The summed E-state index contributed by atoms with van der Waals surface area (Å²) in [5.74, 6) is -0.165. The average Bonchev–Trinajstić information content (AvgIpc) is 2.03. The zero-order valence-corrected chi connectivity index (χ0v) is 7.08. The molecule has 0 radical (unpaired) electrons. The Morgan fingerprint density at radius 2 is 1.85 bits per heavy atom. The number of benzene rings is 1. The summed E-state index contributed by atoms with van der Waals surface area (Å²) in [5.41, 5.74) is 0.337. The molecule has 0 aliphatic rings. The maximum absolute atomic E-state index is 11.9. The Bertz CT molecular complexity index is 432. The second kappa shape index (κ2) is 3.41. The van der Waals surface area contributed by atoms with E-state index in [-0.39, 0.29) is 5.75 Å². The topological polar surface area (TPSA) is 67.2 Å². The molecule has 0 aliphatic carbocycles. The molecule has 0 aromatic heterocycles. The molecule has 13 heavy (non-hydrogen) atoms. The van der Waals surface area contributed by atoms with Crippen molar-refractivity contribution in [3.05, 3.63) is 29.8 Å². The molecule has 0 amide bonds. The molecule has 0 unspecified atom stereocenters. The van der Waals surface area contributed by atoms with Gasteiger partial charge in [0.05, 0.1) is 11.6 Å². The first-order chi connectivity index (χ1) is 6.01. The van der Waals surface area contributed by atoms with Crippen LogP contribution in [0.1, 0.15) is 5.56 Å². The van der Waals surface area contributed by atoms with Gasteiger partial charge in [0.2, 0.25) is 0 Å². The molecule has 0 spiro atoms. The molecule has 0 bridgehead atoms. The molecule has 0 N–H and O–H groups in total. The van der Waals surface area contributed by atoms with E-state index in [4.69, 9.17) is 5.26 Å². The van der Waals surface area contributed by atoms with Crippen LogP contribution in [0.3, 0.4) is 0 Å². The van der Waals surface area contributed by atoms with E-state index in [1.165, 1.54) is 24.3 Å². The highest BCUT2D eigenvalue weighted by molar-refractivity contribution is 7.81. The molecule has 0 saturated carbocycles. The van der Waals surface area contributed by atoms with Crippen molar-refractivity contribution >= 4 is 10.5 Å². The van der Waals surface area contributed by atoms with Crippen molar-refractivity contribution in [3.63, 3.8) is 0 Å². The fraction of sp³-hybridized carbons (Fsp3) is 0. The molecule has 0 atom stereocenters. The zero-order chi connectivity index (χ0) is 9.90. The molecule has 1 aromatic carbocycles. The summed E-state index contributed by atoms with van der Waals surface area (Å²) in [6.07, 6.45) is 0. The molecular formula is C7H4FNO3S. The molecule has 68 valence electrons. The second-order valence-electron chi connectivity index (χ2n) is 2.11. The van der Waals surface area contributed by atoms with Crippen molar-refractivity contribution < 1.29 is 16.5 Å². The van der Waals surface area contributed by atoms with Gasteiger partial charge in [0.25, 0.3) is 0 Å². The van der Waals surface area contributed by atoms with Gasteiger partial charge in [0, 0.05) is 0 Å². The van der Waals surface area contributed by atoms with E-state index in [1.54, 1.807) is 0 Å². The van der Waals surface area contributed by atoms with Crippen molar-refractivity contribution in [2.24, 2.45) is 0 Å². The summed E-state index contributed by atoms with van der Waals surface area (Å²) in [5, 5.41) is 8.38. The van der Waals surface area contributed by atoms with Crippen LogP contribution in [0.2, 0.25) is 0 Å². The molecular weight excluding hydrogens is 197 g/mol. The van der Waals surface area contributed by atoms with Crippen LogP contribution >= 0.6 is 0 Å². The number of halogens is 1. The molecule has 1 aromatic rings. The fourth-order valence-electron chi connectivity index (χ4n) is 0.700. The minimum Gasteiger partial charge on any atom is -0.358 e. The lowest BCUT2D eigenvalue weighted by Crippen LogP contribution is -2.00. The van der Waals surface area contributed by atoms with Crippen LogP contribution in [0.4, 0.5) is 3.89 Å².